The van der Waals surface area contributed by atoms with Gasteiger partial charge in [-0.15, -0.1) is 0 Å². The Kier molecular flexibility index (Phi) is 5.78. The predicted molar refractivity (Wildman–Crippen MR) is 101 cm³/mol. The van der Waals surface area contributed by atoms with Crippen LogP contribution in [0.5, 0.6) is 5.75 Å². The third-order valence-corrected chi connectivity index (χ3v) is 4.23. The minimum Gasteiger partial charge on any atom is -0.497 e. The van der Waals surface area contributed by atoms with E-state index >= 15 is 0 Å². The second-order valence-electron chi connectivity index (χ2n) is 6.08. The number of aliphatic imine (C=N–C) groups is 1. The molecule has 0 bridgehead atoms. The molecule has 2 aromatic rings. The number of anilines is 1. The van der Waals surface area contributed by atoms with Gasteiger partial charge in [0.1, 0.15) is 11.6 Å². The maximum Gasteiger partial charge on any atom is 0.335 e. The van der Waals surface area contributed by atoms with Crippen molar-refractivity contribution in [3.05, 3.63) is 59.9 Å². The Labute approximate surface area is 160 Å². The van der Waals surface area contributed by atoms with Gasteiger partial charge >= 0.3 is 6.03 Å². The van der Waals surface area contributed by atoms with Crippen molar-refractivity contribution in [2.75, 3.05) is 18.6 Å². The van der Waals surface area contributed by atoms with Crippen LogP contribution in [0, 0.1) is 11.7 Å². The highest BCUT2D eigenvalue weighted by Crippen LogP contribution is 2.20. The van der Waals surface area contributed by atoms with Crippen LogP contribution in [0.3, 0.4) is 0 Å². The van der Waals surface area contributed by atoms with E-state index < -0.39 is 29.6 Å². The molecule has 0 radical (unpaired) electrons. The molecule has 1 unspecified atom stereocenters. The lowest BCUT2D eigenvalue weighted by Gasteiger charge is -2.28. The van der Waals surface area contributed by atoms with Gasteiger partial charge in [-0.3, -0.25) is 19.9 Å². The number of carbonyl (C=O) groups is 3. The topological polar surface area (TPSA) is 88.1 Å². The fraction of sp³-hybridized carbons (Fsp3) is 0.200. The summed E-state index contributed by atoms with van der Waals surface area (Å²) in [5.74, 6) is -2.43. The number of nitrogens with zero attached hydrogens (tertiary/aromatic N) is 2. The second-order valence-corrected chi connectivity index (χ2v) is 6.08. The lowest BCUT2D eigenvalue weighted by molar-refractivity contribution is -0.131. The van der Waals surface area contributed by atoms with Gasteiger partial charge in [0, 0.05) is 12.8 Å². The summed E-state index contributed by atoms with van der Waals surface area (Å²) in [6, 6.07) is 11.5. The molecule has 1 heterocycles. The van der Waals surface area contributed by atoms with Crippen molar-refractivity contribution in [2.24, 2.45) is 10.9 Å². The molecule has 3 rings (SSSR count). The molecule has 0 aromatic heterocycles. The van der Waals surface area contributed by atoms with Crippen molar-refractivity contribution in [3.63, 3.8) is 0 Å². The Balaban J connectivity index is 1.66. The van der Waals surface area contributed by atoms with Crippen molar-refractivity contribution in [2.45, 2.75) is 6.42 Å². The number of methoxy groups -OCH3 is 1. The molecule has 1 saturated heterocycles. The molecule has 1 aliphatic rings. The monoisotopic (exact) mass is 383 g/mol. The molecule has 144 valence electrons. The molecule has 1 aliphatic heterocycles. The van der Waals surface area contributed by atoms with Crippen molar-refractivity contribution in [1.82, 2.24) is 5.32 Å². The first kappa shape index (κ1) is 19.2. The summed E-state index contributed by atoms with van der Waals surface area (Å²) in [4.78, 5) is 41.7. The number of ether oxygens (including phenoxy) is 1. The Bertz CT molecular complexity index is 910. The molecule has 1 atom stereocenters. The van der Waals surface area contributed by atoms with Gasteiger partial charge in [-0.2, -0.15) is 0 Å². The zero-order chi connectivity index (χ0) is 20.1. The Hall–Kier alpha value is -3.55. The number of rotatable bonds is 6. The van der Waals surface area contributed by atoms with E-state index in [-0.39, 0.29) is 5.69 Å². The summed E-state index contributed by atoms with van der Waals surface area (Å²) < 4.78 is 18.2. The summed E-state index contributed by atoms with van der Waals surface area (Å²) in [6.07, 6.45) is 1.85. The van der Waals surface area contributed by atoms with E-state index in [0.717, 1.165) is 28.3 Å². The van der Waals surface area contributed by atoms with Gasteiger partial charge < -0.3 is 4.74 Å². The zero-order valence-corrected chi connectivity index (χ0v) is 15.1. The van der Waals surface area contributed by atoms with Gasteiger partial charge in [0.25, 0.3) is 5.91 Å². The maximum atomic E-state index is 13.1. The summed E-state index contributed by atoms with van der Waals surface area (Å²) in [5.41, 5.74) is 1.20. The maximum absolute atomic E-state index is 13.1. The smallest absolute Gasteiger partial charge is 0.335 e. The van der Waals surface area contributed by atoms with E-state index in [1.165, 1.54) is 18.3 Å². The molecule has 0 saturated carbocycles. The van der Waals surface area contributed by atoms with Gasteiger partial charge in [0.2, 0.25) is 5.91 Å². The number of carbonyl (C=O) groups excluding carboxylic acids is 3. The first-order valence-electron chi connectivity index (χ1n) is 8.57. The Morgan fingerprint density at radius 1 is 1.11 bits per heavy atom. The van der Waals surface area contributed by atoms with Crippen molar-refractivity contribution >= 4 is 29.7 Å². The summed E-state index contributed by atoms with van der Waals surface area (Å²) in [7, 11) is 1.59. The van der Waals surface area contributed by atoms with Crippen LogP contribution in [-0.4, -0.2) is 37.7 Å². The normalized spacial score (nSPS) is 17.1. The van der Waals surface area contributed by atoms with E-state index in [2.05, 4.69) is 10.3 Å². The van der Waals surface area contributed by atoms with E-state index in [1.807, 2.05) is 24.3 Å². The molecule has 2 aromatic carbocycles. The highest BCUT2D eigenvalue weighted by molar-refractivity contribution is 6.32. The highest BCUT2D eigenvalue weighted by atomic mass is 19.1. The number of amides is 4. The van der Waals surface area contributed by atoms with Crippen LogP contribution >= 0.6 is 0 Å². The molecule has 1 N–H and O–H groups in total. The van der Waals surface area contributed by atoms with Gasteiger partial charge in [-0.25, -0.2) is 14.1 Å². The van der Waals surface area contributed by atoms with Crippen molar-refractivity contribution < 1.29 is 23.5 Å². The lowest BCUT2D eigenvalue weighted by Crippen LogP contribution is -2.58. The minimum atomic E-state index is -1.22. The molecule has 8 heteroatoms. The standard InChI is InChI=1S/C20H18FN3O4/c1-28-16-8-2-13(3-9-16)10-11-22-12-17-18(25)23-20(27)24(19(17)26)15-6-4-14(21)5-7-15/h2-9,12,17H,10-11H2,1H3,(H,23,25,27). The third kappa shape index (κ3) is 4.22. The van der Waals surface area contributed by atoms with Gasteiger partial charge in [0.05, 0.1) is 12.8 Å². The molecule has 0 aliphatic carbocycles. The average molecular weight is 383 g/mol. The van der Waals surface area contributed by atoms with Crippen LogP contribution in [0.4, 0.5) is 14.9 Å². The molecule has 0 spiro atoms. The first-order valence-corrected chi connectivity index (χ1v) is 8.57. The van der Waals surface area contributed by atoms with Crippen LogP contribution in [0.2, 0.25) is 0 Å². The number of nitrogens with one attached hydrogen (secondary N) is 1. The number of benzene rings is 2. The number of imide groups is 2. The number of halogens is 1. The third-order valence-electron chi connectivity index (χ3n) is 4.23. The lowest BCUT2D eigenvalue weighted by atomic mass is 10.1. The van der Waals surface area contributed by atoms with E-state index in [1.54, 1.807) is 7.11 Å². The number of urea groups is 1. The number of hydrogen-bond donors (Lipinski definition) is 1. The van der Waals surface area contributed by atoms with Crippen LogP contribution in [0.1, 0.15) is 5.56 Å². The second kappa shape index (κ2) is 8.43. The van der Waals surface area contributed by atoms with Crippen LogP contribution in [0.15, 0.2) is 53.5 Å². The largest absolute Gasteiger partial charge is 0.497 e. The van der Waals surface area contributed by atoms with E-state index in [9.17, 15) is 18.8 Å². The fourth-order valence-corrected chi connectivity index (χ4v) is 2.72. The van der Waals surface area contributed by atoms with Crippen LogP contribution in [0.25, 0.3) is 0 Å². The zero-order valence-electron chi connectivity index (χ0n) is 15.1. The minimum absolute atomic E-state index is 0.174. The van der Waals surface area contributed by atoms with Gasteiger partial charge in [-0.1, -0.05) is 12.1 Å². The van der Waals surface area contributed by atoms with E-state index in [4.69, 9.17) is 4.74 Å². The highest BCUT2D eigenvalue weighted by Gasteiger charge is 2.40. The van der Waals surface area contributed by atoms with Gasteiger partial charge in [-0.05, 0) is 48.4 Å². The van der Waals surface area contributed by atoms with Crippen molar-refractivity contribution in [1.29, 1.82) is 0 Å². The Morgan fingerprint density at radius 3 is 2.43 bits per heavy atom. The van der Waals surface area contributed by atoms with E-state index in [0.29, 0.717) is 13.0 Å². The predicted octanol–water partition coefficient (Wildman–Crippen LogP) is 2.35. The van der Waals surface area contributed by atoms with Gasteiger partial charge in [0.15, 0.2) is 5.92 Å². The molecule has 7 nitrogen and oxygen atoms in total. The number of barbiturate groups is 1. The summed E-state index contributed by atoms with van der Waals surface area (Å²) in [5, 5.41) is 2.12. The first-order chi connectivity index (χ1) is 13.5. The molecular formula is C20H18FN3O4. The average Bonchev–Trinajstić information content (AvgIpc) is 2.69. The molecule has 1 fully saturated rings. The van der Waals surface area contributed by atoms with Crippen LogP contribution < -0.4 is 15.0 Å². The molecule has 4 amide bonds. The fourth-order valence-electron chi connectivity index (χ4n) is 2.72. The van der Waals surface area contributed by atoms with Crippen molar-refractivity contribution in [3.8, 4) is 5.75 Å². The quantitative estimate of drug-likeness (QED) is 0.613. The Morgan fingerprint density at radius 2 is 1.79 bits per heavy atom. The molecule has 28 heavy (non-hydrogen) atoms. The van der Waals surface area contributed by atoms with Crippen LogP contribution in [-0.2, 0) is 16.0 Å². The summed E-state index contributed by atoms with van der Waals surface area (Å²) in [6.45, 7) is 0.369. The summed E-state index contributed by atoms with van der Waals surface area (Å²) >= 11 is 0. The SMILES string of the molecule is COc1ccc(CCN=CC2C(=O)NC(=O)N(c3ccc(F)cc3)C2=O)cc1. The molecular weight excluding hydrogens is 365 g/mol. The number of hydrogen-bond acceptors (Lipinski definition) is 5.